The van der Waals surface area contributed by atoms with Gasteiger partial charge in [-0.2, -0.15) is 0 Å². The third-order valence-corrected chi connectivity index (χ3v) is 5.54. The molecule has 0 saturated heterocycles. The Balaban J connectivity index is 2.14. The van der Waals surface area contributed by atoms with Gasteiger partial charge in [0.2, 0.25) is 0 Å². The molecule has 3 rings (SSSR count). The van der Waals surface area contributed by atoms with E-state index in [0.29, 0.717) is 16.2 Å². The molecule has 3 aromatic rings. The Bertz CT molecular complexity index is 1170. The fourth-order valence-electron chi connectivity index (χ4n) is 3.04. The molecule has 0 saturated carbocycles. The summed E-state index contributed by atoms with van der Waals surface area (Å²) in [6, 6.07) is 11.9. The van der Waals surface area contributed by atoms with Crippen LogP contribution in [0, 0.1) is 0 Å². The summed E-state index contributed by atoms with van der Waals surface area (Å²) in [7, 11) is 0. The number of anilines is 1. The number of aliphatic carboxylic acids is 1. The predicted molar refractivity (Wildman–Crippen MR) is 122 cm³/mol. The van der Waals surface area contributed by atoms with Gasteiger partial charge >= 0.3 is 5.97 Å². The first kappa shape index (κ1) is 23.5. The van der Waals surface area contributed by atoms with Gasteiger partial charge in [-0.3, -0.25) is 14.5 Å². The minimum absolute atomic E-state index is 0.0331. The summed E-state index contributed by atoms with van der Waals surface area (Å²) in [6.07, 6.45) is 1.17. The Morgan fingerprint density at radius 3 is 2.12 bits per heavy atom. The topological polar surface area (TPSA) is 114 Å². The molecular weight excluding hydrogens is 477 g/mol. The number of nitrogens with zero attached hydrogens (tertiary/aromatic N) is 2. The molecule has 7 nitrogen and oxygen atoms in total. The quantitative estimate of drug-likeness (QED) is 0.295. The van der Waals surface area contributed by atoms with Gasteiger partial charge in [-0.25, -0.2) is 9.78 Å². The molecule has 1 heterocycles. The molecule has 0 bridgehead atoms. The summed E-state index contributed by atoms with van der Waals surface area (Å²) in [4.78, 5) is 43.6. The molecule has 0 unspecified atom stereocenters. The summed E-state index contributed by atoms with van der Waals surface area (Å²) in [5.41, 5.74) is 6.37. The molecule has 0 radical (unpaired) electrons. The first-order chi connectivity index (χ1) is 15.2. The van der Waals surface area contributed by atoms with Gasteiger partial charge in [-0.05, 0) is 42.0 Å². The molecule has 0 spiro atoms. The van der Waals surface area contributed by atoms with E-state index in [-0.39, 0.29) is 32.7 Å². The van der Waals surface area contributed by atoms with E-state index in [1.54, 1.807) is 24.3 Å². The number of hydrogen-bond acceptors (Lipinski definition) is 5. The fourth-order valence-corrected chi connectivity index (χ4v) is 3.80. The standard InChI is InChI=1S/C22H16Cl3N3O4/c23-15-4-1-5-16(24)18(15)21(30)28(20(29)14-3-2-10-27-19(14)25)17(22(31)32)11-12-6-8-13(26)9-7-12/h1-10,17H,11,26H2,(H,31,32)/t17-/m0/s1. The monoisotopic (exact) mass is 491 g/mol. The molecule has 1 aromatic heterocycles. The van der Waals surface area contributed by atoms with Crippen molar-refractivity contribution in [2.75, 3.05) is 5.73 Å². The number of pyridine rings is 1. The Labute approximate surface area is 198 Å². The molecule has 0 aliphatic heterocycles. The van der Waals surface area contributed by atoms with Gasteiger partial charge in [0.05, 0.1) is 21.2 Å². The predicted octanol–water partition coefficient (Wildman–Crippen LogP) is 4.60. The van der Waals surface area contributed by atoms with Crippen LogP contribution in [0.15, 0.2) is 60.8 Å². The van der Waals surface area contributed by atoms with E-state index in [4.69, 9.17) is 40.5 Å². The van der Waals surface area contributed by atoms with Crippen LogP contribution < -0.4 is 5.73 Å². The molecule has 0 aliphatic carbocycles. The Morgan fingerprint density at radius 2 is 1.56 bits per heavy atom. The second-order valence-corrected chi connectivity index (χ2v) is 7.89. The maximum Gasteiger partial charge on any atom is 0.327 e. The zero-order valence-corrected chi connectivity index (χ0v) is 18.6. The van der Waals surface area contributed by atoms with E-state index in [2.05, 4.69) is 4.98 Å². The molecule has 0 fully saturated rings. The Kier molecular flexibility index (Phi) is 7.35. The van der Waals surface area contributed by atoms with Gasteiger partial charge in [0.1, 0.15) is 11.2 Å². The first-order valence-electron chi connectivity index (χ1n) is 9.20. The average molecular weight is 493 g/mol. The number of carbonyl (C=O) groups excluding carboxylic acids is 2. The van der Waals surface area contributed by atoms with E-state index in [0.717, 1.165) is 0 Å². The smallest absolute Gasteiger partial charge is 0.327 e. The fraction of sp³-hybridized carbons (Fsp3) is 0.0909. The van der Waals surface area contributed by atoms with Gasteiger partial charge in [0, 0.05) is 18.3 Å². The first-order valence-corrected chi connectivity index (χ1v) is 10.3. The van der Waals surface area contributed by atoms with Crippen molar-refractivity contribution < 1.29 is 19.5 Å². The lowest BCUT2D eigenvalue weighted by Gasteiger charge is -2.28. The molecule has 2 amide bonds. The maximum absolute atomic E-state index is 13.5. The number of nitrogens with two attached hydrogens (primary N) is 1. The second-order valence-electron chi connectivity index (χ2n) is 6.72. The van der Waals surface area contributed by atoms with Gasteiger partial charge < -0.3 is 10.8 Å². The number of carbonyl (C=O) groups is 3. The van der Waals surface area contributed by atoms with Crippen molar-refractivity contribution in [1.82, 2.24) is 9.88 Å². The molecule has 3 N–H and O–H groups in total. The maximum atomic E-state index is 13.5. The van der Waals surface area contributed by atoms with Crippen molar-refractivity contribution in [1.29, 1.82) is 0 Å². The van der Waals surface area contributed by atoms with Crippen molar-refractivity contribution in [2.24, 2.45) is 0 Å². The SMILES string of the molecule is Nc1ccc(C[C@@H](C(=O)O)N(C(=O)c2cccnc2Cl)C(=O)c2c(Cl)cccc2Cl)cc1. The highest BCUT2D eigenvalue weighted by molar-refractivity contribution is 6.40. The van der Waals surface area contributed by atoms with Gasteiger partial charge in [-0.1, -0.05) is 53.0 Å². The zero-order valence-electron chi connectivity index (χ0n) is 16.3. The number of amides is 2. The molecular formula is C22H16Cl3N3O4. The van der Waals surface area contributed by atoms with Crippen molar-refractivity contribution >= 4 is 58.3 Å². The number of imide groups is 1. The van der Waals surface area contributed by atoms with Crippen LogP contribution in [0.1, 0.15) is 26.3 Å². The lowest BCUT2D eigenvalue weighted by atomic mass is 10.0. The third kappa shape index (κ3) is 5.02. The molecule has 2 aromatic carbocycles. The summed E-state index contributed by atoms with van der Waals surface area (Å²) in [5.74, 6) is -3.34. The van der Waals surface area contributed by atoms with E-state index in [1.807, 2.05) is 0 Å². The van der Waals surface area contributed by atoms with Crippen molar-refractivity contribution in [3.05, 3.63) is 92.7 Å². The number of hydrogen-bond donors (Lipinski definition) is 2. The third-order valence-electron chi connectivity index (χ3n) is 4.61. The number of benzene rings is 2. The minimum atomic E-state index is -1.60. The number of carboxylic acid groups (broad SMARTS) is 1. The van der Waals surface area contributed by atoms with E-state index in [1.165, 1.54) is 36.5 Å². The van der Waals surface area contributed by atoms with Crippen LogP contribution in [0.3, 0.4) is 0 Å². The largest absolute Gasteiger partial charge is 0.480 e. The Hall–Kier alpha value is -3.13. The lowest BCUT2D eigenvalue weighted by molar-refractivity contribution is -0.141. The number of nitrogen functional groups attached to an aromatic ring is 1. The summed E-state index contributed by atoms with van der Waals surface area (Å²) in [6.45, 7) is 0. The van der Waals surface area contributed by atoms with Crippen LogP contribution in [0.25, 0.3) is 0 Å². The number of carboxylic acids is 1. The van der Waals surface area contributed by atoms with E-state index >= 15 is 0 Å². The van der Waals surface area contributed by atoms with Crippen LogP contribution in [0.5, 0.6) is 0 Å². The molecule has 1 atom stereocenters. The van der Waals surface area contributed by atoms with Crippen LogP contribution in [-0.4, -0.2) is 38.8 Å². The normalized spacial score (nSPS) is 11.6. The number of aromatic nitrogens is 1. The van der Waals surface area contributed by atoms with Crippen molar-refractivity contribution in [2.45, 2.75) is 12.5 Å². The van der Waals surface area contributed by atoms with Crippen LogP contribution in [0.2, 0.25) is 15.2 Å². The molecule has 0 aliphatic rings. The van der Waals surface area contributed by atoms with E-state index < -0.39 is 23.8 Å². The summed E-state index contributed by atoms with van der Waals surface area (Å²) in [5, 5.41) is 9.72. The van der Waals surface area contributed by atoms with Gasteiger partial charge in [0.25, 0.3) is 11.8 Å². The highest BCUT2D eigenvalue weighted by Gasteiger charge is 2.38. The molecule has 164 valence electrons. The van der Waals surface area contributed by atoms with E-state index in [9.17, 15) is 19.5 Å². The molecule has 32 heavy (non-hydrogen) atoms. The minimum Gasteiger partial charge on any atom is -0.480 e. The summed E-state index contributed by atoms with van der Waals surface area (Å²) < 4.78 is 0. The Morgan fingerprint density at radius 1 is 0.938 bits per heavy atom. The highest BCUT2D eigenvalue weighted by atomic mass is 35.5. The highest BCUT2D eigenvalue weighted by Crippen LogP contribution is 2.29. The van der Waals surface area contributed by atoms with Crippen molar-refractivity contribution in [3.63, 3.8) is 0 Å². The van der Waals surface area contributed by atoms with Gasteiger partial charge in [-0.15, -0.1) is 0 Å². The number of halogens is 3. The lowest BCUT2D eigenvalue weighted by Crippen LogP contribution is -2.50. The average Bonchev–Trinajstić information content (AvgIpc) is 2.74. The van der Waals surface area contributed by atoms with Gasteiger partial charge in [0.15, 0.2) is 0 Å². The van der Waals surface area contributed by atoms with Crippen LogP contribution in [0.4, 0.5) is 5.69 Å². The second kappa shape index (κ2) is 9.99. The van der Waals surface area contributed by atoms with Crippen molar-refractivity contribution in [3.8, 4) is 0 Å². The van der Waals surface area contributed by atoms with Crippen LogP contribution >= 0.6 is 34.8 Å². The van der Waals surface area contributed by atoms with Crippen LogP contribution in [-0.2, 0) is 11.2 Å². The number of rotatable bonds is 6. The molecule has 10 heteroatoms. The zero-order chi connectivity index (χ0) is 23.4. The summed E-state index contributed by atoms with van der Waals surface area (Å²) >= 11 is 18.4.